The molecule has 5 heteroatoms. The SMILES string of the molecule is Cc1n[nH]c(=O)n1N(C)C. The van der Waals surface area contributed by atoms with Gasteiger partial charge in [0.2, 0.25) is 0 Å². The van der Waals surface area contributed by atoms with Crippen LogP contribution in [0.3, 0.4) is 0 Å². The highest BCUT2D eigenvalue weighted by Crippen LogP contribution is 1.83. The topological polar surface area (TPSA) is 53.9 Å². The predicted octanol–water partition coefficient (Wildman–Crippen LogP) is -0.923. The molecule has 56 valence electrons. The van der Waals surface area contributed by atoms with Crippen LogP contribution in [-0.2, 0) is 0 Å². The molecule has 1 aromatic heterocycles. The van der Waals surface area contributed by atoms with E-state index in [1.54, 1.807) is 26.0 Å². The molecule has 0 amide bonds. The Balaban J connectivity index is 3.23. The van der Waals surface area contributed by atoms with Crippen molar-refractivity contribution in [2.75, 3.05) is 19.1 Å². The normalized spacial score (nSPS) is 9.90. The predicted molar refractivity (Wildman–Crippen MR) is 37.6 cm³/mol. The lowest BCUT2D eigenvalue weighted by Gasteiger charge is -2.11. The van der Waals surface area contributed by atoms with Gasteiger partial charge in [-0.2, -0.15) is 9.77 Å². The molecule has 0 radical (unpaired) electrons. The molecule has 10 heavy (non-hydrogen) atoms. The summed E-state index contributed by atoms with van der Waals surface area (Å²) in [5.41, 5.74) is -0.206. The number of hydrogen-bond acceptors (Lipinski definition) is 3. The monoisotopic (exact) mass is 142 g/mol. The molecular formula is C5H10N4O. The number of nitrogens with zero attached hydrogens (tertiary/aromatic N) is 3. The van der Waals surface area contributed by atoms with Crippen LogP contribution in [0.15, 0.2) is 4.79 Å². The second kappa shape index (κ2) is 2.17. The van der Waals surface area contributed by atoms with Crippen molar-refractivity contribution in [2.45, 2.75) is 6.92 Å². The summed E-state index contributed by atoms with van der Waals surface area (Å²) in [5.74, 6) is 0.662. The Morgan fingerprint density at radius 2 is 2.20 bits per heavy atom. The fourth-order valence-corrected chi connectivity index (χ4v) is 0.841. The molecule has 0 saturated carbocycles. The standard InChI is InChI=1S/C5H10N4O/c1-4-6-7-5(10)9(4)8(2)3/h1-3H3,(H,7,10). The summed E-state index contributed by atoms with van der Waals surface area (Å²) in [6, 6.07) is 0. The van der Waals surface area contributed by atoms with E-state index in [0.29, 0.717) is 5.82 Å². The average Bonchev–Trinajstić information content (AvgIpc) is 2.11. The maximum Gasteiger partial charge on any atom is 0.362 e. The summed E-state index contributed by atoms with van der Waals surface area (Å²) >= 11 is 0. The Hall–Kier alpha value is -1.26. The third kappa shape index (κ3) is 0.896. The van der Waals surface area contributed by atoms with Gasteiger partial charge in [-0.3, -0.25) is 0 Å². The molecule has 0 spiro atoms. The number of H-pyrrole nitrogens is 1. The fourth-order valence-electron chi connectivity index (χ4n) is 0.841. The summed E-state index contributed by atoms with van der Waals surface area (Å²) in [6.45, 7) is 1.76. The van der Waals surface area contributed by atoms with Crippen LogP contribution >= 0.6 is 0 Å². The molecule has 0 fully saturated rings. The highest BCUT2D eigenvalue weighted by atomic mass is 16.2. The first kappa shape index (κ1) is 6.85. The molecule has 1 aromatic rings. The molecule has 0 atom stereocenters. The van der Waals surface area contributed by atoms with E-state index in [2.05, 4.69) is 10.2 Å². The quantitative estimate of drug-likeness (QED) is 0.551. The minimum absolute atomic E-state index is 0.206. The first-order chi connectivity index (χ1) is 4.63. The van der Waals surface area contributed by atoms with Crippen LogP contribution in [0.5, 0.6) is 0 Å². The summed E-state index contributed by atoms with van der Waals surface area (Å²) in [6.07, 6.45) is 0. The Kier molecular flexibility index (Phi) is 1.48. The van der Waals surface area contributed by atoms with E-state index in [0.717, 1.165) is 0 Å². The number of aryl methyl sites for hydroxylation is 1. The fraction of sp³-hybridized carbons (Fsp3) is 0.600. The van der Waals surface area contributed by atoms with Crippen LogP contribution < -0.4 is 10.7 Å². The second-order valence-electron chi connectivity index (χ2n) is 2.23. The van der Waals surface area contributed by atoms with E-state index in [1.807, 2.05) is 0 Å². The van der Waals surface area contributed by atoms with Crippen molar-refractivity contribution in [1.82, 2.24) is 14.9 Å². The van der Waals surface area contributed by atoms with Crippen molar-refractivity contribution >= 4 is 0 Å². The van der Waals surface area contributed by atoms with Gasteiger partial charge in [-0.05, 0) is 6.92 Å². The number of rotatable bonds is 1. The van der Waals surface area contributed by atoms with Gasteiger partial charge in [0, 0.05) is 14.1 Å². The van der Waals surface area contributed by atoms with Crippen molar-refractivity contribution < 1.29 is 0 Å². The van der Waals surface area contributed by atoms with Gasteiger partial charge in [0.25, 0.3) is 0 Å². The van der Waals surface area contributed by atoms with Gasteiger partial charge in [0.1, 0.15) is 5.82 Å². The zero-order valence-corrected chi connectivity index (χ0v) is 6.25. The molecule has 0 unspecified atom stereocenters. The van der Waals surface area contributed by atoms with Crippen LogP contribution in [0.4, 0.5) is 0 Å². The number of aromatic nitrogens is 3. The van der Waals surface area contributed by atoms with Crippen molar-refractivity contribution in [3.05, 3.63) is 16.3 Å². The summed E-state index contributed by atoms with van der Waals surface area (Å²) in [7, 11) is 3.56. The van der Waals surface area contributed by atoms with E-state index in [-0.39, 0.29) is 5.69 Å². The largest absolute Gasteiger partial charge is 0.362 e. The highest BCUT2D eigenvalue weighted by molar-refractivity contribution is 4.87. The van der Waals surface area contributed by atoms with E-state index >= 15 is 0 Å². The van der Waals surface area contributed by atoms with Gasteiger partial charge < -0.3 is 5.01 Å². The maximum atomic E-state index is 10.9. The van der Waals surface area contributed by atoms with Gasteiger partial charge >= 0.3 is 5.69 Å². The Morgan fingerprint density at radius 1 is 1.60 bits per heavy atom. The lowest BCUT2D eigenvalue weighted by molar-refractivity contribution is 0.679. The number of nitrogens with one attached hydrogen (secondary N) is 1. The molecule has 0 aromatic carbocycles. The van der Waals surface area contributed by atoms with Crippen molar-refractivity contribution in [2.24, 2.45) is 0 Å². The third-order valence-corrected chi connectivity index (χ3v) is 1.21. The molecule has 0 bridgehead atoms. The molecule has 5 nitrogen and oxygen atoms in total. The molecule has 1 rings (SSSR count). The zero-order valence-electron chi connectivity index (χ0n) is 6.25. The molecule has 0 aliphatic rings. The zero-order chi connectivity index (χ0) is 7.72. The van der Waals surface area contributed by atoms with E-state index in [9.17, 15) is 4.79 Å². The van der Waals surface area contributed by atoms with Crippen molar-refractivity contribution in [1.29, 1.82) is 0 Å². The van der Waals surface area contributed by atoms with Gasteiger partial charge in [0.05, 0.1) is 0 Å². The van der Waals surface area contributed by atoms with E-state index in [4.69, 9.17) is 0 Å². The first-order valence-corrected chi connectivity index (χ1v) is 2.94. The molecular weight excluding hydrogens is 132 g/mol. The molecule has 0 aliphatic heterocycles. The minimum atomic E-state index is -0.206. The molecule has 0 saturated heterocycles. The van der Waals surface area contributed by atoms with Crippen LogP contribution in [0.25, 0.3) is 0 Å². The Morgan fingerprint density at radius 3 is 2.40 bits per heavy atom. The molecule has 1 heterocycles. The Labute approximate surface area is 58.2 Å². The minimum Gasteiger partial charge on any atom is -0.313 e. The van der Waals surface area contributed by atoms with Crippen LogP contribution in [0.2, 0.25) is 0 Å². The first-order valence-electron chi connectivity index (χ1n) is 2.94. The summed E-state index contributed by atoms with van der Waals surface area (Å²) in [5, 5.41) is 7.72. The van der Waals surface area contributed by atoms with Gasteiger partial charge in [0.15, 0.2) is 0 Å². The van der Waals surface area contributed by atoms with Crippen LogP contribution in [0, 0.1) is 6.92 Å². The van der Waals surface area contributed by atoms with Gasteiger partial charge in [-0.25, -0.2) is 9.89 Å². The van der Waals surface area contributed by atoms with Crippen LogP contribution in [-0.4, -0.2) is 29.0 Å². The Bertz CT molecular complexity index is 271. The highest BCUT2D eigenvalue weighted by Gasteiger charge is 2.02. The number of aromatic amines is 1. The average molecular weight is 142 g/mol. The summed E-state index contributed by atoms with van der Waals surface area (Å²) in [4.78, 5) is 10.9. The van der Waals surface area contributed by atoms with Gasteiger partial charge in [-0.15, -0.1) is 0 Å². The summed E-state index contributed by atoms with van der Waals surface area (Å²) < 4.78 is 1.44. The van der Waals surface area contributed by atoms with Crippen LogP contribution in [0.1, 0.15) is 5.82 Å². The maximum absolute atomic E-state index is 10.9. The van der Waals surface area contributed by atoms with E-state index < -0.39 is 0 Å². The van der Waals surface area contributed by atoms with Gasteiger partial charge in [-0.1, -0.05) is 0 Å². The molecule has 0 aliphatic carbocycles. The van der Waals surface area contributed by atoms with E-state index in [1.165, 1.54) is 4.68 Å². The lowest BCUT2D eigenvalue weighted by atomic mass is 10.7. The number of hydrogen-bond donors (Lipinski definition) is 1. The third-order valence-electron chi connectivity index (χ3n) is 1.21. The second-order valence-corrected chi connectivity index (χ2v) is 2.23. The van der Waals surface area contributed by atoms with Crippen molar-refractivity contribution in [3.63, 3.8) is 0 Å². The molecule has 1 N–H and O–H groups in total. The smallest absolute Gasteiger partial charge is 0.313 e. The van der Waals surface area contributed by atoms with Crippen molar-refractivity contribution in [3.8, 4) is 0 Å². The lowest BCUT2D eigenvalue weighted by Crippen LogP contribution is -2.35.